The molecule has 0 aromatic carbocycles. The van der Waals surface area contributed by atoms with E-state index in [-0.39, 0.29) is 5.91 Å². The monoisotopic (exact) mass is 211 g/mol. The minimum Gasteiger partial charge on any atom is -0.396 e. The molecule has 2 fully saturated rings. The van der Waals surface area contributed by atoms with E-state index < -0.39 is 0 Å². The van der Waals surface area contributed by atoms with E-state index in [9.17, 15) is 4.79 Å². The minimum absolute atomic E-state index is 0.272. The van der Waals surface area contributed by atoms with Crippen molar-refractivity contribution in [1.29, 1.82) is 0 Å². The lowest BCUT2D eigenvalue weighted by Crippen LogP contribution is -2.42. The Kier molecular flexibility index (Phi) is 3.62. The van der Waals surface area contributed by atoms with Gasteiger partial charge in [0.05, 0.1) is 0 Å². The van der Waals surface area contributed by atoms with Crippen molar-refractivity contribution in [2.75, 3.05) is 6.61 Å². The fourth-order valence-electron chi connectivity index (χ4n) is 2.48. The second kappa shape index (κ2) is 4.97. The van der Waals surface area contributed by atoms with Crippen LogP contribution in [0, 0.1) is 11.8 Å². The summed E-state index contributed by atoms with van der Waals surface area (Å²) in [5, 5.41) is 12.2. The highest BCUT2D eigenvalue weighted by Crippen LogP contribution is 2.28. The van der Waals surface area contributed by atoms with Gasteiger partial charge in [0.25, 0.3) is 0 Å². The standard InChI is InChI=1S/C12H21NO2/c14-8-9-4-6-11(7-5-9)13-12(15)10-2-1-3-10/h9-11,14H,1-8H2,(H,13,15). The SMILES string of the molecule is O=C(NC1CCC(CO)CC1)C1CCC1. The van der Waals surface area contributed by atoms with E-state index in [4.69, 9.17) is 5.11 Å². The summed E-state index contributed by atoms with van der Waals surface area (Å²) in [5.74, 6) is 1.05. The van der Waals surface area contributed by atoms with Crippen molar-refractivity contribution in [2.45, 2.75) is 51.0 Å². The third kappa shape index (κ3) is 2.71. The largest absolute Gasteiger partial charge is 0.396 e. The zero-order valence-corrected chi connectivity index (χ0v) is 9.24. The molecule has 2 rings (SSSR count). The van der Waals surface area contributed by atoms with E-state index >= 15 is 0 Å². The smallest absolute Gasteiger partial charge is 0.223 e. The normalized spacial score (nSPS) is 32.1. The number of hydrogen-bond acceptors (Lipinski definition) is 2. The molecule has 2 aliphatic rings. The molecule has 2 N–H and O–H groups in total. The van der Waals surface area contributed by atoms with E-state index in [1.165, 1.54) is 6.42 Å². The van der Waals surface area contributed by atoms with Crippen LogP contribution < -0.4 is 5.32 Å². The first kappa shape index (κ1) is 10.9. The molecule has 86 valence electrons. The molecule has 2 saturated carbocycles. The van der Waals surface area contributed by atoms with Gasteiger partial charge in [0, 0.05) is 18.6 Å². The van der Waals surface area contributed by atoms with Crippen molar-refractivity contribution >= 4 is 5.91 Å². The molecule has 0 saturated heterocycles. The molecule has 2 aliphatic carbocycles. The Labute approximate surface area is 91.2 Å². The van der Waals surface area contributed by atoms with E-state index in [1.807, 2.05) is 0 Å². The molecule has 3 nitrogen and oxygen atoms in total. The number of hydrogen-bond donors (Lipinski definition) is 2. The summed E-state index contributed by atoms with van der Waals surface area (Å²) in [6, 6.07) is 0.376. The average molecular weight is 211 g/mol. The fraction of sp³-hybridized carbons (Fsp3) is 0.917. The van der Waals surface area contributed by atoms with Crippen LogP contribution in [0.2, 0.25) is 0 Å². The molecule has 15 heavy (non-hydrogen) atoms. The summed E-state index contributed by atoms with van der Waals surface area (Å²) in [7, 11) is 0. The molecule has 0 spiro atoms. The number of carbonyl (C=O) groups excluding carboxylic acids is 1. The maximum atomic E-state index is 11.7. The Balaban J connectivity index is 1.69. The van der Waals surface area contributed by atoms with Crippen LogP contribution in [0.25, 0.3) is 0 Å². The van der Waals surface area contributed by atoms with E-state index in [2.05, 4.69) is 5.32 Å². The molecular weight excluding hydrogens is 190 g/mol. The van der Waals surface area contributed by atoms with Crippen molar-refractivity contribution in [3.63, 3.8) is 0 Å². The Bertz CT molecular complexity index is 218. The summed E-state index contributed by atoms with van der Waals surface area (Å²) in [4.78, 5) is 11.7. The van der Waals surface area contributed by atoms with E-state index in [0.717, 1.165) is 38.5 Å². The van der Waals surface area contributed by atoms with Crippen LogP contribution in [0.4, 0.5) is 0 Å². The predicted molar refractivity (Wildman–Crippen MR) is 58.3 cm³/mol. The molecule has 0 unspecified atom stereocenters. The summed E-state index contributed by atoms with van der Waals surface area (Å²) < 4.78 is 0. The molecule has 0 atom stereocenters. The lowest BCUT2D eigenvalue weighted by Gasteiger charge is -2.31. The van der Waals surface area contributed by atoms with E-state index in [0.29, 0.717) is 24.5 Å². The van der Waals surface area contributed by atoms with Gasteiger partial charge in [0.2, 0.25) is 5.91 Å². The van der Waals surface area contributed by atoms with Gasteiger partial charge in [0.1, 0.15) is 0 Å². The van der Waals surface area contributed by atoms with Gasteiger partial charge in [-0.25, -0.2) is 0 Å². The summed E-state index contributed by atoms with van der Waals surface area (Å²) in [6.45, 7) is 0.309. The van der Waals surface area contributed by atoms with E-state index in [1.54, 1.807) is 0 Å². The van der Waals surface area contributed by atoms with Gasteiger partial charge >= 0.3 is 0 Å². The number of rotatable bonds is 3. The maximum absolute atomic E-state index is 11.7. The molecule has 3 heteroatoms. The minimum atomic E-state index is 0.272. The van der Waals surface area contributed by atoms with Gasteiger partial charge < -0.3 is 10.4 Å². The first-order valence-electron chi connectivity index (χ1n) is 6.21. The lowest BCUT2D eigenvalue weighted by atomic mass is 9.83. The predicted octanol–water partition coefficient (Wildman–Crippen LogP) is 1.45. The van der Waals surface area contributed by atoms with Crippen molar-refractivity contribution < 1.29 is 9.90 Å². The molecule has 0 radical (unpaired) electrons. The van der Waals surface area contributed by atoms with Crippen molar-refractivity contribution in [2.24, 2.45) is 11.8 Å². The van der Waals surface area contributed by atoms with Crippen molar-refractivity contribution in [3.05, 3.63) is 0 Å². The fourth-order valence-corrected chi connectivity index (χ4v) is 2.48. The first-order valence-corrected chi connectivity index (χ1v) is 6.21. The van der Waals surface area contributed by atoms with Crippen LogP contribution >= 0.6 is 0 Å². The summed E-state index contributed by atoms with van der Waals surface area (Å²) in [6.07, 6.45) is 7.59. The van der Waals surface area contributed by atoms with Gasteiger partial charge in [0.15, 0.2) is 0 Å². The zero-order chi connectivity index (χ0) is 10.7. The molecule has 0 heterocycles. The second-order valence-corrected chi connectivity index (χ2v) is 5.04. The van der Waals surface area contributed by atoms with Gasteiger partial charge in [-0.15, -0.1) is 0 Å². The van der Waals surface area contributed by atoms with Crippen LogP contribution in [0.3, 0.4) is 0 Å². The second-order valence-electron chi connectivity index (χ2n) is 5.04. The Hall–Kier alpha value is -0.570. The van der Waals surface area contributed by atoms with Crippen molar-refractivity contribution in [1.82, 2.24) is 5.32 Å². The molecule has 0 bridgehead atoms. The van der Waals surface area contributed by atoms with Gasteiger partial charge in [-0.2, -0.15) is 0 Å². The molecule has 0 aromatic rings. The molecule has 0 aliphatic heterocycles. The summed E-state index contributed by atoms with van der Waals surface area (Å²) in [5.41, 5.74) is 0. The highest BCUT2D eigenvalue weighted by Gasteiger charge is 2.28. The Morgan fingerprint density at radius 2 is 1.80 bits per heavy atom. The topological polar surface area (TPSA) is 49.3 Å². The molecule has 1 amide bonds. The van der Waals surface area contributed by atoms with Crippen LogP contribution in [0.5, 0.6) is 0 Å². The van der Waals surface area contributed by atoms with Gasteiger partial charge in [-0.05, 0) is 44.4 Å². The highest BCUT2D eigenvalue weighted by molar-refractivity contribution is 5.79. The quantitative estimate of drug-likeness (QED) is 0.742. The Morgan fingerprint density at radius 3 is 2.27 bits per heavy atom. The highest BCUT2D eigenvalue weighted by atomic mass is 16.3. The van der Waals surface area contributed by atoms with Crippen LogP contribution in [-0.2, 0) is 4.79 Å². The van der Waals surface area contributed by atoms with Crippen LogP contribution in [-0.4, -0.2) is 23.7 Å². The van der Waals surface area contributed by atoms with Gasteiger partial charge in [-0.3, -0.25) is 4.79 Å². The third-order valence-corrected chi connectivity index (χ3v) is 3.93. The van der Waals surface area contributed by atoms with Gasteiger partial charge in [-0.1, -0.05) is 6.42 Å². The molecule has 0 aromatic heterocycles. The summed E-state index contributed by atoms with van der Waals surface area (Å²) >= 11 is 0. The number of carbonyl (C=O) groups is 1. The average Bonchev–Trinajstić information content (AvgIpc) is 2.16. The van der Waals surface area contributed by atoms with Crippen LogP contribution in [0.15, 0.2) is 0 Å². The third-order valence-electron chi connectivity index (χ3n) is 3.93. The zero-order valence-electron chi connectivity index (χ0n) is 9.24. The number of nitrogens with one attached hydrogen (secondary N) is 1. The lowest BCUT2D eigenvalue weighted by molar-refractivity contribution is -0.128. The molecular formula is C12H21NO2. The number of aliphatic hydroxyl groups is 1. The van der Waals surface area contributed by atoms with Crippen LogP contribution in [0.1, 0.15) is 44.9 Å². The van der Waals surface area contributed by atoms with Crippen molar-refractivity contribution in [3.8, 4) is 0 Å². The first-order chi connectivity index (χ1) is 7.29. The Morgan fingerprint density at radius 1 is 1.13 bits per heavy atom. The number of aliphatic hydroxyl groups excluding tert-OH is 1. The number of amides is 1. The maximum Gasteiger partial charge on any atom is 0.223 e.